The quantitative estimate of drug-likeness (QED) is 0.423. The number of halogens is 2. The molecule has 31 heavy (non-hydrogen) atoms. The number of hydrogen-bond acceptors (Lipinski definition) is 4. The van der Waals surface area contributed by atoms with Crippen LogP contribution in [-0.4, -0.2) is 24.7 Å². The predicted molar refractivity (Wildman–Crippen MR) is 116 cm³/mol. The maximum absolute atomic E-state index is 14.0. The van der Waals surface area contributed by atoms with Crippen LogP contribution in [0.2, 0.25) is 5.02 Å². The van der Waals surface area contributed by atoms with Crippen molar-refractivity contribution in [1.29, 1.82) is 0 Å². The molecule has 0 bridgehead atoms. The molecule has 0 aromatic heterocycles. The van der Waals surface area contributed by atoms with Gasteiger partial charge in [-0.1, -0.05) is 41.4 Å². The van der Waals surface area contributed by atoms with Gasteiger partial charge in [-0.3, -0.25) is 14.4 Å². The fourth-order valence-corrected chi connectivity index (χ4v) is 2.93. The van der Waals surface area contributed by atoms with Crippen molar-refractivity contribution in [3.8, 4) is 5.75 Å². The van der Waals surface area contributed by atoms with Crippen LogP contribution >= 0.6 is 11.6 Å². The number of benzene rings is 3. The molecule has 0 atom stereocenters. The number of methoxy groups -OCH3 is 1. The summed E-state index contributed by atoms with van der Waals surface area (Å²) in [5.74, 6) is -2.77. The van der Waals surface area contributed by atoms with Gasteiger partial charge in [0.05, 0.1) is 18.4 Å². The Morgan fingerprint density at radius 2 is 1.65 bits per heavy atom. The van der Waals surface area contributed by atoms with Gasteiger partial charge in [0.2, 0.25) is 0 Å². The minimum atomic E-state index is -0.838. The molecule has 0 spiro atoms. The third kappa shape index (κ3) is 5.26. The van der Waals surface area contributed by atoms with Gasteiger partial charge in [0.1, 0.15) is 11.6 Å². The highest BCUT2D eigenvalue weighted by Gasteiger charge is 2.18. The van der Waals surface area contributed by atoms with E-state index in [0.29, 0.717) is 0 Å². The first-order chi connectivity index (χ1) is 14.8. The lowest BCUT2D eigenvalue weighted by molar-refractivity contribution is -0.112. The van der Waals surface area contributed by atoms with Crippen LogP contribution in [0.3, 0.4) is 0 Å². The number of nitrogens with one attached hydrogen (secondary N) is 2. The lowest BCUT2D eigenvalue weighted by Crippen LogP contribution is -2.23. The molecule has 0 aliphatic heterocycles. The van der Waals surface area contributed by atoms with Gasteiger partial charge in [0, 0.05) is 16.3 Å². The van der Waals surface area contributed by atoms with Crippen LogP contribution in [0.5, 0.6) is 5.75 Å². The summed E-state index contributed by atoms with van der Waals surface area (Å²) in [5, 5.41) is 5.19. The number of amides is 2. The van der Waals surface area contributed by atoms with E-state index in [1.165, 1.54) is 37.4 Å². The summed E-state index contributed by atoms with van der Waals surface area (Å²) in [6.07, 6.45) is 0. The van der Waals surface area contributed by atoms with Crippen molar-refractivity contribution in [2.75, 3.05) is 17.7 Å². The van der Waals surface area contributed by atoms with Crippen LogP contribution in [0.15, 0.2) is 60.7 Å². The normalized spacial score (nSPS) is 10.3. The second kappa shape index (κ2) is 9.40. The third-order valence-electron chi connectivity index (χ3n) is 4.40. The molecular weight excluding hydrogens is 423 g/mol. The number of Topliss-reactive ketones (excluding diaryl/α,β-unsaturated/α-hetero) is 1. The summed E-state index contributed by atoms with van der Waals surface area (Å²) in [6, 6.07) is 14.7. The molecule has 0 heterocycles. The number of carbonyl (C=O) groups is 3. The zero-order valence-corrected chi connectivity index (χ0v) is 17.4. The van der Waals surface area contributed by atoms with Gasteiger partial charge in [0.15, 0.2) is 0 Å². The molecule has 2 amide bonds. The molecule has 0 saturated carbocycles. The Kier molecular flexibility index (Phi) is 6.67. The maximum atomic E-state index is 14.0. The molecule has 0 saturated heterocycles. The molecule has 6 nitrogen and oxygen atoms in total. The fraction of sp³-hybridized carbons (Fsp3) is 0.0870. The van der Waals surface area contributed by atoms with Crippen LogP contribution in [0, 0.1) is 12.7 Å². The molecule has 0 unspecified atom stereocenters. The number of anilines is 2. The first-order valence-corrected chi connectivity index (χ1v) is 9.53. The number of ether oxygens (including phenoxy) is 1. The van der Waals surface area contributed by atoms with E-state index in [1.54, 1.807) is 24.3 Å². The maximum Gasteiger partial charge on any atom is 0.296 e. The Balaban J connectivity index is 1.79. The molecule has 0 aliphatic rings. The Bertz CT molecular complexity index is 1160. The smallest absolute Gasteiger partial charge is 0.296 e. The largest absolute Gasteiger partial charge is 0.495 e. The molecular formula is C23H18ClFN2O4. The molecule has 3 rings (SSSR count). The zero-order valence-electron chi connectivity index (χ0n) is 16.7. The fourth-order valence-electron chi connectivity index (χ4n) is 2.77. The van der Waals surface area contributed by atoms with E-state index >= 15 is 0 Å². The van der Waals surface area contributed by atoms with Gasteiger partial charge in [-0.15, -0.1) is 0 Å². The van der Waals surface area contributed by atoms with Gasteiger partial charge >= 0.3 is 0 Å². The number of rotatable bonds is 6. The summed E-state index contributed by atoms with van der Waals surface area (Å²) in [6.45, 7) is 1.87. The zero-order chi connectivity index (χ0) is 22.5. The van der Waals surface area contributed by atoms with Gasteiger partial charge in [-0.2, -0.15) is 0 Å². The topological polar surface area (TPSA) is 84.5 Å². The number of hydrogen-bond donors (Lipinski definition) is 2. The monoisotopic (exact) mass is 440 g/mol. The Labute approximate surface area is 183 Å². The predicted octanol–water partition coefficient (Wildman–Crippen LogP) is 4.87. The number of carbonyl (C=O) groups excluding carboxylic acids is 3. The minimum absolute atomic E-state index is 0.162. The average Bonchev–Trinajstić information content (AvgIpc) is 2.74. The Hall–Kier alpha value is -3.71. The van der Waals surface area contributed by atoms with Crippen LogP contribution in [0.1, 0.15) is 26.3 Å². The van der Waals surface area contributed by atoms with E-state index < -0.39 is 23.4 Å². The van der Waals surface area contributed by atoms with Crippen molar-refractivity contribution >= 4 is 40.6 Å². The van der Waals surface area contributed by atoms with Crippen LogP contribution < -0.4 is 15.4 Å². The van der Waals surface area contributed by atoms with Crippen molar-refractivity contribution in [1.82, 2.24) is 0 Å². The van der Waals surface area contributed by atoms with Gasteiger partial charge < -0.3 is 15.4 Å². The van der Waals surface area contributed by atoms with Crippen molar-refractivity contribution in [3.63, 3.8) is 0 Å². The van der Waals surface area contributed by atoms with Crippen molar-refractivity contribution in [2.45, 2.75) is 6.92 Å². The number of ketones is 1. The van der Waals surface area contributed by atoms with E-state index in [-0.39, 0.29) is 33.3 Å². The highest BCUT2D eigenvalue weighted by atomic mass is 35.5. The van der Waals surface area contributed by atoms with E-state index in [4.69, 9.17) is 16.3 Å². The van der Waals surface area contributed by atoms with Crippen LogP contribution in [0.4, 0.5) is 15.8 Å². The Morgan fingerprint density at radius 1 is 0.935 bits per heavy atom. The summed E-state index contributed by atoms with van der Waals surface area (Å²) in [5.41, 5.74) is 1.43. The summed E-state index contributed by atoms with van der Waals surface area (Å²) >= 11 is 5.72. The summed E-state index contributed by atoms with van der Waals surface area (Å²) in [7, 11) is 1.40. The molecule has 3 aromatic rings. The van der Waals surface area contributed by atoms with Crippen molar-refractivity contribution < 1.29 is 23.5 Å². The molecule has 3 aromatic carbocycles. The van der Waals surface area contributed by atoms with E-state index in [0.717, 1.165) is 11.6 Å². The Morgan fingerprint density at radius 3 is 2.29 bits per heavy atom. The number of aryl methyl sites for hydroxylation is 1. The molecule has 0 fully saturated rings. The van der Waals surface area contributed by atoms with Crippen molar-refractivity contribution in [3.05, 3.63) is 88.2 Å². The minimum Gasteiger partial charge on any atom is -0.495 e. The van der Waals surface area contributed by atoms with E-state index in [9.17, 15) is 18.8 Å². The summed E-state index contributed by atoms with van der Waals surface area (Å²) < 4.78 is 19.3. The second-order valence-corrected chi connectivity index (χ2v) is 7.08. The first-order valence-electron chi connectivity index (χ1n) is 9.15. The summed E-state index contributed by atoms with van der Waals surface area (Å²) in [4.78, 5) is 37.2. The van der Waals surface area contributed by atoms with Gasteiger partial charge in [-0.05, 0) is 43.3 Å². The highest BCUT2D eigenvalue weighted by molar-refractivity contribution is 6.46. The third-order valence-corrected chi connectivity index (χ3v) is 4.64. The molecule has 158 valence electrons. The van der Waals surface area contributed by atoms with Gasteiger partial charge in [0.25, 0.3) is 17.6 Å². The molecule has 8 heteroatoms. The van der Waals surface area contributed by atoms with E-state index in [1.807, 2.05) is 6.92 Å². The van der Waals surface area contributed by atoms with Crippen LogP contribution in [0.25, 0.3) is 0 Å². The first kappa shape index (κ1) is 22.0. The standard InChI is InChI=1S/C23H18ClFN2O4/c1-13-3-5-14(6-4-13)21(28)23(30)26-16-8-10-20(31-2)19(12-16)27-22(29)17-9-7-15(24)11-18(17)25/h3-12H,1-2H3,(H,26,30)(H,27,29). The highest BCUT2D eigenvalue weighted by Crippen LogP contribution is 2.29. The van der Waals surface area contributed by atoms with E-state index in [2.05, 4.69) is 10.6 Å². The van der Waals surface area contributed by atoms with Crippen molar-refractivity contribution in [2.24, 2.45) is 0 Å². The SMILES string of the molecule is COc1ccc(NC(=O)C(=O)c2ccc(C)cc2)cc1NC(=O)c1ccc(Cl)cc1F. The molecule has 2 N–H and O–H groups in total. The van der Waals surface area contributed by atoms with Gasteiger partial charge in [-0.25, -0.2) is 4.39 Å². The second-order valence-electron chi connectivity index (χ2n) is 6.64. The lowest BCUT2D eigenvalue weighted by atomic mass is 10.1. The molecule has 0 radical (unpaired) electrons. The average molecular weight is 441 g/mol. The molecule has 0 aliphatic carbocycles. The van der Waals surface area contributed by atoms with Crippen LogP contribution in [-0.2, 0) is 4.79 Å². The lowest BCUT2D eigenvalue weighted by Gasteiger charge is -2.13.